The average Bonchev–Trinajstić information content (AvgIpc) is 3.04. The van der Waals surface area contributed by atoms with Gasteiger partial charge >= 0.3 is 0 Å². The Bertz CT molecular complexity index is 567. The maximum absolute atomic E-state index is 12.7. The number of carbonyl (C=O) groups excluding carboxylic acids is 2. The fourth-order valence-corrected chi connectivity index (χ4v) is 3.30. The van der Waals surface area contributed by atoms with Gasteiger partial charge in [-0.2, -0.15) is 0 Å². The van der Waals surface area contributed by atoms with Crippen molar-refractivity contribution < 1.29 is 14.3 Å². The Labute approximate surface area is 130 Å². The molecule has 0 saturated carbocycles. The van der Waals surface area contributed by atoms with Crippen molar-refractivity contribution in [1.29, 1.82) is 0 Å². The van der Waals surface area contributed by atoms with Crippen molar-refractivity contribution in [2.75, 3.05) is 19.7 Å². The van der Waals surface area contributed by atoms with Crippen LogP contribution in [0.4, 0.5) is 0 Å². The van der Waals surface area contributed by atoms with Crippen LogP contribution in [0.2, 0.25) is 0 Å². The quantitative estimate of drug-likeness (QED) is 0.915. The zero-order valence-corrected chi connectivity index (χ0v) is 12.9. The third-order valence-electron chi connectivity index (χ3n) is 4.44. The maximum atomic E-state index is 12.7. The van der Waals surface area contributed by atoms with Crippen LogP contribution < -0.4 is 5.32 Å². The SMILES string of the molecule is CCN1C(=O)Cc2ccccc2[C@H]1C(=O)NC[C@@H]1CCCO1. The van der Waals surface area contributed by atoms with Crippen molar-refractivity contribution in [1.82, 2.24) is 10.2 Å². The number of ether oxygens (including phenoxy) is 1. The molecule has 0 radical (unpaired) electrons. The van der Waals surface area contributed by atoms with E-state index in [9.17, 15) is 9.59 Å². The van der Waals surface area contributed by atoms with Crippen LogP contribution in [0.3, 0.4) is 0 Å². The molecule has 1 fully saturated rings. The molecule has 118 valence electrons. The Kier molecular flexibility index (Phi) is 4.43. The first-order chi connectivity index (χ1) is 10.7. The predicted octanol–water partition coefficient (Wildman–Crippen LogP) is 1.43. The number of benzene rings is 1. The molecule has 22 heavy (non-hydrogen) atoms. The van der Waals surface area contributed by atoms with E-state index >= 15 is 0 Å². The molecular formula is C17H22N2O3. The van der Waals surface area contributed by atoms with Gasteiger partial charge in [0.2, 0.25) is 11.8 Å². The van der Waals surface area contributed by atoms with Gasteiger partial charge in [-0.1, -0.05) is 24.3 Å². The molecule has 2 atom stereocenters. The van der Waals surface area contributed by atoms with E-state index < -0.39 is 6.04 Å². The lowest BCUT2D eigenvalue weighted by Crippen LogP contribution is -2.48. The second-order valence-electron chi connectivity index (χ2n) is 5.84. The van der Waals surface area contributed by atoms with Gasteiger partial charge in [-0.25, -0.2) is 0 Å². The van der Waals surface area contributed by atoms with Crippen LogP contribution in [-0.2, 0) is 20.7 Å². The summed E-state index contributed by atoms with van der Waals surface area (Å²) >= 11 is 0. The van der Waals surface area contributed by atoms with E-state index in [0.29, 0.717) is 19.5 Å². The van der Waals surface area contributed by atoms with Crippen LogP contribution in [0.5, 0.6) is 0 Å². The van der Waals surface area contributed by atoms with Gasteiger partial charge in [0.25, 0.3) is 0 Å². The van der Waals surface area contributed by atoms with Crippen LogP contribution in [0.15, 0.2) is 24.3 Å². The molecule has 0 aromatic heterocycles. The summed E-state index contributed by atoms with van der Waals surface area (Å²) in [4.78, 5) is 26.6. The summed E-state index contributed by atoms with van der Waals surface area (Å²) in [5, 5.41) is 2.96. The number of fused-ring (bicyclic) bond motifs is 1. The van der Waals surface area contributed by atoms with Crippen LogP contribution in [0.25, 0.3) is 0 Å². The fourth-order valence-electron chi connectivity index (χ4n) is 3.30. The van der Waals surface area contributed by atoms with Gasteiger partial charge in [-0.05, 0) is 30.9 Å². The molecule has 1 aromatic rings. The van der Waals surface area contributed by atoms with Crippen molar-refractivity contribution >= 4 is 11.8 Å². The highest BCUT2D eigenvalue weighted by molar-refractivity contribution is 5.92. The van der Waals surface area contributed by atoms with Crippen molar-refractivity contribution in [2.24, 2.45) is 0 Å². The van der Waals surface area contributed by atoms with Crippen LogP contribution >= 0.6 is 0 Å². The second kappa shape index (κ2) is 6.48. The van der Waals surface area contributed by atoms with Gasteiger partial charge in [-0.15, -0.1) is 0 Å². The molecule has 0 bridgehead atoms. The summed E-state index contributed by atoms with van der Waals surface area (Å²) in [7, 11) is 0. The molecule has 1 N–H and O–H groups in total. The molecule has 0 spiro atoms. The zero-order chi connectivity index (χ0) is 15.5. The number of nitrogens with one attached hydrogen (secondary N) is 1. The van der Waals surface area contributed by atoms with Gasteiger partial charge in [-0.3, -0.25) is 9.59 Å². The van der Waals surface area contributed by atoms with E-state index in [1.165, 1.54) is 0 Å². The zero-order valence-electron chi connectivity index (χ0n) is 12.9. The summed E-state index contributed by atoms with van der Waals surface area (Å²) in [6.07, 6.45) is 2.51. The first-order valence-electron chi connectivity index (χ1n) is 7.97. The number of nitrogens with zero attached hydrogens (tertiary/aromatic N) is 1. The Morgan fingerprint density at radius 2 is 2.23 bits per heavy atom. The summed E-state index contributed by atoms with van der Waals surface area (Å²) in [5.41, 5.74) is 1.89. The van der Waals surface area contributed by atoms with Gasteiger partial charge in [0.15, 0.2) is 0 Å². The molecule has 5 nitrogen and oxygen atoms in total. The molecule has 2 aliphatic heterocycles. The minimum atomic E-state index is -0.524. The minimum absolute atomic E-state index is 0.0125. The largest absolute Gasteiger partial charge is 0.376 e. The van der Waals surface area contributed by atoms with Gasteiger partial charge in [0.05, 0.1) is 12.5 Å². The number of hydrogen-bond donors (Lipinski definition) is 1. The van der Waals surface area contributed by atoms with Crippen molar-refractivity contribution in [3.05, 3.63) is 35.4 Å². The van der Waals surface area contributed by atoms with Crippen LogP contribution in [0.1, 0.15) is 36.9 Å². The Hall–Kier alpha value is -1.88. The van der Waals surface area contributed by atoms with Crippen molar-refractivity contribution in [3.8, 4) is 0 Å². The Balaban J connectivity index is 1.78. The highest BCUT2D eigenvalue weighted by Crippen LogP contribution is 2.30. The van der Waals surface area contributed by atoms with Gasteiger partial charge in [0, 0.05) is 19.7 Å². The molecule has 5 heteroatoms. The molecule has 2 amide bonds. The van der Waals surface area contributed by atoms with E-state index in [-0.39, 0.29) is 17.9 Å². The number of carbonyl (C=O) groups is 2. The first kappa shape index (κ1) is 15.0. The Morgan fingerprint density at radius 3 is 2.95 bits per heavy atom. The molecule has 1 aromatic carbocycles. The normalized spacial score (nSPS) is 24.2. The molecule has 2 aliphatic rings. The van der Waals surface area contributed by atoms with E-state index in [0.717, 1.165) is 30.6 Å². The Morgan fingerprint density at radius 1 is 1.41 bits per heavy atom. The van der Waals surface area contributed by atoms with Gasteiger partial charge in [0.1, 0.15) is 6.04 Å². The van der Waals surface area contributed by atoms with Crippen LogP contribution in [0, 0.1) is 0 Å². The molecule has 3 rings (SSSR count). The number of rotatable bonds is 4. The number of amides is 2. The number of hydrogen-bond acceptors (Lipinski definition) is 3. The van der Waals surface area contributed by atoms with E-state index in [1.807, 2.05) is 31.2 Å². The van der Waals surface area contributed by atoms with Crippen molar-refractivity contribution in [3.63, 3.8) is 0 Å². The average molecular weight is 302 g/mol. The number of likely N-dealkylation sites (N-methyl/N-ethyl adjacent to an activating group) is 1. The molecule has 1 saturated heterocycles. The highest BCUT2D eigenvalue weighted by atomic mass is 16.5. The summed E-state index contributed by atoms with van der Waals surface area (Å²) in [6.45, 7) is 3.73. The standard InChI is InChI=1S/C17H22N2O3/c1-2-19-15(20)10-12-6-3-4-8-14(12)16(19)17(21)18-11-13-7-5-9-22-13/h3-4,6,8,13,16H,2,5,7,9-11H2,1H3,(H,18,21)/t13-,16-/m0/s1. The smallest absolute Gasteiger partial charge is 0.247 e. The van der Waals surface area contributed by atoms with Crippen molar-refractivity contribution in [2.45, 2.75) is 38.3 Å². The third-order valence-corrected chi connectivity index (χ3v) is 4.44. The van der Waals surface area contributed by atoms with E-state index in [2.05, 4.69) is 5.32 Å². The second-order valence-corrected chi connectivity index (χ2v) is 5.84. The lowest BCUT2D eigenvalue weighted by Gasteiger charge is -2.35. The first-order valence-corrected chi connectivity index (χ1v) is 7.97. The van der Waals surface area contributed by atoms with E-state index in [4.69, 9.17) is 4.74 Å². The molecule has 0 aliphatic carbocycles. The van der Waals surface area contributed by atoms with Crippen LogP contribution in [-0.4, -0.2) is 42.5 Å². The van der Waals surface area contributed by atoms with Gasteiger partial charge < -0.3 is 15.0 Å². The van der Waals surface area contributed by atoms with E-state index in [1.54, 1.807) is 4.90 Å². The lowest BCUT2D eigenvalue weighted by molar-refractivity contribution is -0.141. The predicted molar refractivity (Wildman–Crippen MR) is 82.3 cm³/mol. The molecular weight excluding hydrogens is 280 g/mol. The maximum Gasteiger partial charge on any atom is 0.247 e. The molecule has 0 unspecified atom stereocenters. The molecule has 2 heterocycles. The summed E-state index contributed by atoms with van der Waals surface area (Å²) in [6, 6.07) is 7.18. The monoisotopic (exact) mass is 302 g/mol. The summed E-state index contributed by atoms with van der Waals surface area (Å²) in [5.74, 6) is -0.101. The highest BCUT2D eigenvalue weighted by Gasteiger charge is 2.36. The fraction of sp³-hybridized carbons (Fsp3) is 0.529. The lowest BCUT2D eigenvalue weighted by atomic mass is 9.91. The topological polar surface area (TPSA) is 58.6 Å². The summed E-state index contributed by atoms with van der Waals surface area (Å²) < 4.78 is 5.54. The minimum Gasteiger partial charge on any atom is -0.376 e. The third kappa shape index (κ3) is 2.86.